The number of fused-ring (bicyclic) bond motifs is 3. The third-order valence-corrected chi connectivity index (χ3v) is 7.31. The normalized spacial score (nSPS) is 26.2. The van der Waals surface area contributed by atoms with Gasteiger partial charge in [-0.15, -0.1) is 0 Å². The average molecular weight is 526 g/mol. The van der Waals surface area contributed by atoms with Crippen LogP contribution in [0, 0.1) is 0 Å². The first kappa shape index (κ1) is 26.0. The molecule has 2 aromatic rings. The van der Waals surface area contributed by atoms with Crippen molar-refractivity contribution in [3.63, 3.8) is 0 Å². The van der Waals surface area contributed by atoms with Crippen LogP contribution in [0.15, 0.2) is 23.8 Å². The van der Waals surface area contributed by atoms with Gasteiger partial charge in [0.15, 0.2) is 17.9 Å². The second-order valence-corrected chi connectivity index (χ2v) is 9.56. The minimum absolute atomic E-state index is 0.00659. The maximum atomic E-state index is 13.6. The number of hydrogen-bond acceptors (Lipinski definition) is 11. The Morgan fingerprint density at radius 2 is 1.84 bits per heavy atom. The number of methoxy groups -OCH3 is 1. The van der Waals surface area contributed by atoms with Gasteiger partial charge in [-0.1, -0.05) is 12.1 Å². The molecule has 5 rings (SSSR count). The minimum atomic E-state index is -1.13. The summed E-state index contributed by atoms with van der Waals surface area (Å²) in [6.07, 6.45) is -2.46. The topological polar surface area (TPSA) is 186 Å². The second kappa shape index (κ2) is 9.61. The molecule has 0 bridgehead atoms. The number of aliphatic hydroxyl groups is 2. The predicted molar refractivity (Wildman–Crippen MR) is 131 cm³/mol. The predicted octanol–water partition coefficient (Wildman–Crippen LogP) is 1.11. The number of phenolic OH excluding ortho intramolecular Hbond substituents is 2. The van der Waals surface area contributed by atoms with Gasteiger partial charge in [0.25, 0.3) is 0 Å². The van der Waals surface area contributed by atoms with Crippen LogP contribution >= 0.6 is 0 Å². The van der Waals surface area contributed by atoms with Gasteiger partial charge in [0.05, 0.1) is 42.1 Å². The molecule has 5 atom stereocenters. The van der Waals surface area contributed by atoms with E-state index in [1.807, 2.05) is 0 Å². The van der Waals surface area contributed by atoms with Crippen molar-refractivity contribution in [1.29, 1.82) is 0 Å². The molecule has 0 radical (unpaired) electrons. The molecule has 200 valence electrons. The van der Waals surface area contributed by atoms with Crippen LogP contribution in [0.4, 0.5) is 0 Å². The lowest BCUT2D eigenvalue weighted by atomic mass is 9.77. The molecular formula is C27H27NO10. The third-order valence-electron chi connectivity index (χ3n) is 7.31. The first-order valence-corrected chi connectivity index (χ1v) is 12.1. The van der Waals surface area contributed by atoms with Crippen LogP contribution < -0.4 is 10.5 Å². The second-order valence-electron chi connectivity index (χ2n) is 9.56. The molecule has 3 aliphatic rings. The maximum Gasteiger partial charge on any atom is 0.202 e. The molecule has 11 heteroatoms. The fraction of sp³-hybridized carbons (Fsp3) is 0.370. The molecule has 6 N–H and O–H groups in total. The van der Waals surface area contributed by atoms with Crippen LogP contribution in [-0.2, 0) is 14.3 Å². The number of Topliss-reactive ketones (excluding diaryl/α,β-unsaturated/α-hetero) is 1. The van der Waals surface area contributed by atoms with Gasteiger partial charge < -0.3 is 40.4 Å². The summed E-state index contributed by atoms with van der Waals surface area (Å²) in [6.45, 7) is 0.800. The number of phenols is 2. The summed E-state index contributed by atoms with van der Waals surface area (Å²) in [5.74, 6) is -3.16. The van der Waals surface area contributed by atoms with E-state index in [4.69, 9.17) is 19.9 Å². The van der Waals surface area contributed by atoms with Crippen LogP contribution in [0.1, 0.15) is 68.8 Å². The molecule has 2 aromatic carbocycles. The van der Waals surface area contributed by atoms with E-state index in [-0.39, 0.29) is 46.4 Å². The molecule has 0 saturated carbocycles. The molecule has 38 heavy (non-hydrogen) atoms. The number of aliphatic hydroxyl groups excluding tert-OH is 2. The number of nitrogens with two attached hydrogens (primary N) is 1. The standard InChI is InChI=1S/C27H27NO10/c1-10-23(31)14(28)8-18(37-10)38-17-7-11(15(30)9-29)6-13-20(17)27(35)22-21(25(13)33)24(32)12-4-3-5-16(36-2)19(12)26(22)34/h3-6,10,14,17-18,23,29,31,33,35H,7-9,28H2,1-2H3/t10-,14-,17+,18-,23+/m0/s1. The van der Waals surface area contributed by atoms with E-state index in [1.165, 1.54) is 31.4 Å². The molecule has 1 aliphatic heterocycles. The van der Waals surface area contributed by atoms with Gasteiger partial charge in [0.1, 0.15) is 23.9 Å². The quantitative estimate of drug-likeness (QED) is 0.300. The monoisotopic (exact) mass is 525 g/mol. The Bertz CT molecular complexity index is 1380. The zero-order valence-corrected chi connectivity index (χ0v) is 20.6. The molecular weight excluding hydrogens is 498 g/mol. The third kappa shape index (κ3) is 3.91. The zero-order valence-electron chi connectivity index (χ0n) is 20.6. The van der Waals surface area contributed by atoms with Crippen molar-refractivity contribution in [2.24, 2.45) is 5.73 Å². The molecule has 11 nitrogen and oxygen atoms in total. The molecule has 0 spiro atoms. The van der Waals surface area contributed by atoms with Crippen molar-refractivity contribution < 1.29 is 49.0 Å². The van der Waals surface area contributed by atoms with Crippen LogP contribution in [0.2, 0.25) is 0 Å². The van der Waals surface area contributed by atoms with E-state index in [2.05, 4.69) is 0 Å². The average Bonchev–Trinajstić information content (AvgIpc) is 2.90. The highest BCUT2D eigenvalue weighted by molar-refractivity contribution is 6.31. The van der Waals surface area contributed by atoms with Gasteiger partial charge in [-0.2, -0.15) is 0 Å². The highest BCUT2D eigenvalue weighted by atomic mass is 16.7. The fourth-order valence-corrected chi connectivity index (χ4v) is 5.36. The number of ether oxygens (including phenoxy) is 3. The van der Waals surface area contributed by atoms with Crippen molar-refractivity contribution in [1.82, 2.24) is 0 Å². The highest BCUT2D eigenvalue weighted by Gasteiger charge is 2.43. The van der Waals surface area contributed by atoms with Gasteiger partial charge in [0, 0.05) is 41.1 Å². The van der Waals surface area contributed by atoms with Crippen LogP contribution in [0.25, 0.3) is 6.08 Å². The summed E-state index contributed by atoms with van der Waals surface area (Å²) < 4.78 is 17.1. The fourth-order valence-electron chi connectivity index (χ4n) is 5.36. The van der Waals surface area contributed by atoms with Gasteiger partial charge in [-0.3, -0.25) is 14.4 Å². The summed E-state index contributed by atoms with van der Waals surface area (Å²) in [7, 11) is 1.34. The lowest BCUT2D eigenvalue weighted by Crippen LogP contribution is -2.51. The Hall–Kier alpha value is -3.61. The van der Waals surface area contributed by atoms with Crippen molar-refractivity contribution in [2.75, 3.05) is 13.7 Å². The Morgan fingerprint density at radius 3 is 2.50 bits per heavy atom. The van der Waals surface area contributed by atoms with E-state index < -0.39 is 77.2 Å². The first-order valence-electron chi connectivity index (χ1n) is 12.1. The van der Waals surface area contributed by atoms with Crippen molar-refractivity contribution >= 4 is 23.4 Å². The highest BCUT2D eigenvalue weighted by Crippen LogP contribution is 2.51. The molecule has 0 amide bonds. The number of benzene rings is 2. The Morgan fingerprint density at radius 1 is 1.13 bits per heavy atom. The number of carbonyl (C=O) groups is 3. The van der Waals surface area contributed by atoms with Gasteiger partial charge in [-0.25, -0.2) is 0 Å². The Labute approximate surface area is 217 Å². The SMILES string of the molecule is COc1cccc2c1C(=O)c1c(O)c3c(c(O)c1C2=O)C=C(C(=O)CO)C[C@H]3O[C@H]1C[C@H](N)[C@H](O)[C@H](C)O1. The van der Waals surface area contributed by atoms with E-state index >= 15 is 0 Å². The molecule has 1 saturated heterocycles. The molecule has 1 fully saturated rings. The van der Waals surface area contributed by atoms with Crippen molar-refractivity contribution in [3.8, 4) is 17.2 Å². The van der Waals surface area contributed by atoms with Crippen LogP contribution in [0.5, 0.6) is 17.2 Å². The summed E-state index contributed by atoms with van der Waals surface area (Å²) in [5, 5.41) is 42.3. The van der Waals surface area contributed by atoms with Gasteiger partial charge >= 0.3 is 0 Å². The summed E-state index contributed by atoms with van der Waals surface area (Å²) in [6, 6.07) is 3.77. The van der Waals surface area contributed by atoms with Crippen molar-refractivity contribution in [3.05, 3.63) is 57.2 Å². The number of rotatable bonds is 5. The summed E-state index contributed by atoms with van der Waals surface area (Å²) in [5.41, 5.74) is 5.10. The minimum Gasteiger partial charge on any atom is -0.507 e. The van der Waals surface area contributed by atoms with Crippen LogP contribution in [0.3, 0.4) is 0 Å². The lowest BCUT2D eigenvalue weighted by molar-refractivity contribution is -0.240. The number of ketones is 3. The summed E-state index contributed by atoms with van der Waals surface area (Å²) >= 11 is 0. The van der Waals surface area contributed by atoms with E-state index in [0.717, 1.165) is 0 Å². The molecule has 2 aliphatic carbocycles. The smallest absolute Gasteiger partial charge is 0.202 e. The maximum absolute atomic E-state index is 13.6. The summed E-state index contributed by atoms with van der Waals surface area (Å²) in [4.78, 5) is 39.5. The van der Waals surface area contributed by atoms with E-state index in [0.29, 0.717) is 0 Å². The molecule has 0 aromatic heterocycles. The van der Waals surface area contributed by atoms with Crippen molar-refractivity contribution in [2.45, 2.75) is 50.4 Å². The lowest BCUT2D eigenvalue weighted by Gasteiger charge is -2.38. The molecule has 0 unspecified atom stereocenters. The number of hydrogen-bond donors (Lipinski definition) is 5. The number of carbonyl (C=O) groups excluding carboxylic acids is 3. The first-order chi connectivity index (χ1) is 18.1. The van der Waals surface area contributed by atoms with Crippen LogP contribution in [-0.4, -0.2) is 76.0 Å². The molecule has 1 heterocycles. The Kier molecular flexibility index (Phi) is 6.58. The van der Waals surface area contributed by atoms with Gasteiger partial charge in [-0.05, 0) is 19.1 Å². The van der Waals surface area contributed by atoms with E-state index in [9.17, 15) is 34.8 Å². The largest absolute Gasteiger partial charge is 0.507 e. The Balaban J connectivity index is 1.68. The number of aromatic hydroxyl groups is 2. The zero-order chi connectivity index (χ0) is 27.5. The van der Waals surface area contributed by atoms with E-state index in [1.54, 1.807) is 6.92 Å². The van der Waals surface area contributed by atoms with Gasteiger partial charge in [0.2, 0.25) is 5.78 Å².